The molecule has 0 N–H and O–H groups in total. The second-order valence-electron chi connectivity index (χ2n) is 3.71. The summed E-state index contributed by atoms with van der Waals surface area (Å²) < 4.78 is 14.7. The van der Waals surface area contributed by atoms with Crippen molar-refractivity contribution in [1.29, 1.82) is 5.26 Å². The van der Waals surface area contributed by atoms with Gasteiger partial charge in [-0.25, -0.2) is 4.39 Å². The number of carbonyl (C=O) groups is 1. The molecule has 1 atom stereocenters. The van der Waals surface area contributed by atoms with Gasteiger partial charge in [-0.1, -0.05) is 12.1 Å². The average molecular weight is 403 g/mol. The predicted octanol–water partition coefficient (Wildman–Crippen LogP) is 4.90. The molecule has 0 spiro atoms. The summed E-state index contributed by atoms with van der Waals surface area (Å²) in [4.78, 5) is 12.7. The van der Waals surface area contributed by atoms with Gasteiger partial charge in [0.25, 0.3) is 0 Å². The maximum absolute atomic E-state index is 13.2. The second kappa shape index (κ2) is 5.95. The van der Waals surface area contributed by atoms with Gasteiger partial charge in [0.2, 0.25) is 0 Å². The molecule has 0 bridgehead atoms. The Balaban J connectivity index is 2.38. The summed E-state index contributed by atoms with van der Waals surface area (Å²) >= 11 is 7.83. The van der Waals surface area contributed by atoms with Crippen LogP contribution in [0.2, 0.25) is 0 Å². The monoisotopic (exact) mass is 401 g/mol. The molecular formula is C13H6Br2FNOS. The zero-order valence-electron chi connectivity index (χ0n) is 9.36. The highest BCUT2D eigenvalue weighted by Gasteiger charge is 2.24. The van der Waals surface area contributed by atoms with Crippen molar-refractivity contribution in [2.75, 3.05) is 0 Å². The Hall–Kier alpha value is -1.03. The van der Waals surface area contributed by atoms with Crippen LogP contribution < -0.4 is 0 Å². The van der Waals surface area contributed by atoms with E-state index in [1.54, 1.807) is 12.1 Å². The third-order valence-corrected chi connectivity index (χ3v) is 5.73. The van der Waals surface area contributed by atoms with Crippen LogP contribution in [0.1, 0.15) is 21.2 Å². The van der Waals surface area contributed by atoms with Crippen molar-refractivity contribution < 1.29 is 9.18 Å². The van der Waals surface area contributed by atoms with E-state index in [0.717, 1.165) is 8.26 Å². The zero-order valence-corrected chi connectivity index (χ0v) is 13.4. The van der Waals surface area contributed by atoms with Crippen LogP contribution in [0, 0.1) is 17.1 Å². The summed E-state index contributed by atoms with van der Waals surface area (Å²) in [7, 11) is 0. The number of nitriles is 1. The molecule has 0 saturated carbocycles. The molecule has 6 heteroatoms. The number of carbonyl (C=O) groups excluding carboxylic acids is 1. The molecule has 1 aromatic carbocycles. The average Bonchev–Trinajstić information content (AvgIpc) is 2.70. The van der Waals surface area contributed by atoms with Crippen molar-refractivity contribution in [2.45, 2.75) is 5.92 Å². The number of thiophene rings is 1. The first-order valence-electron chi connectivity index (χ1n) is 5.17. The highest BCUT2D eigenvalue weighted by Crippen LogP contribution is 2.35. The first kappa shape index (κ1) is 14.4. The smallest absolute Gasteiger partial charge is 0.194 e. The van der Waals surface area contributed by atoms with Gasteiger partial charge in [0.15, 0.2) is 5.78 Å². The van der Waals surface area contributed by atoms with Gasteiger partial charge in [-0.15, -0.1) is 11.3 Å². The van der Waals surface area contributed by atoms with Gasteiger partial charge in [0.1, 0.15) is 11.7 Å². The Kier molecular flexibility index (Phi) is 4.50. The van der Waals surface area contributed by atoms with Crippen molar-refractivity contribution in [3.63, 3.8) is 0 Å². The number of nitrogens with zero attached hydrogens (tertiary/aromatic N) is 1. The minimum atomic E-state index is -0.992. The quantitative estimate of drug-likeness (QED) is 0.685. The van der Waals surface area contributed by atoms with Crippen LogP contribution in [0.15, 0.2) is 38.6 Å². The molecule has 1 heterocycles. The van der Waals surface area contributed by atoms with Gasteiger partial charge in [-0.3, -0.25) is 4.79 Å². The fourth-order valence-electron chi connectivity index (χ4n) is 1.58. The molecule has 2 aromatic rings. The van der Waals surface area contributed by atoms with Crippen LogP contribution in [-0.4, -0.2) is 5.78 Å². The van der Waals surface area contributed by atoms with E-state index in [4.69, 9.17) is 5.26 Å². The number of ketones is 1. The van der Waals surface area contributed by atoms with Crippen LogP contribution in [0.3, 0.4) is 0 Å². The van der Waals surface area contributed by atoms with Crippen LogP contribution in [0.25, 0.3) is 0 Å². The lowest BCUT2D eigenvalue weighted by Crippen LogP contribution is -2.10. The molecule has 2 nitrogen and oxygen atoms in total. The number of benzene rings is 1. The minimum absolute atomic E-state index is 0.329. The van der Waals surface area contributed by atoms with E-state index >= 15 is 0 Å². The van der Waals surface area contributed by atoms with Crippen molar-refractivity contribution in [2.24, 2.45) is 0 Å². The SMILES string of the molecule is N#CC(C(=O)c1cc(Br)c(Br)s1)c1cccc(F)c1. The molecule has 1 aromatic heterocycles. The third kappa shape index (κ3) is 3.11. The van der Waals surface area contributed by atoms with Crippen LogP contribution in [0.4, 0.5) is 4.39 Å². The molecule has 0 saturated heterocycles. The van der Waals surface area contributed by atoms with E-state index in [1.165, 1.54) is 29.5 Å². The van der Waals surface area contributed by atoms with Gasteiger partial charge in [-0.05, 0) is 55.6 Å². The van der Waals surface area contributed by atoms with Gasteiger partial charge in [0, 0.05) is 4.47 Å². The number of Topliss-reactive ketones (excluding diaryl/α,β-unsaturated/α-hetero) is 1. The highest BCUT2D eigenvalue weighted by molar-refractivity contribution is 9.13. The normalized spacial score (nSPS) is 11.9. The van der Waals surface area contributed by atoms with Crippen LogP contribution in [-0.2, 0) is 0 Å². The second-order valence-corrected chi connectivity index (χ2v) is 6.94. The molecule has 1 unspecified atom stereocenters. The Morgan fingerprint density at radius 1 is 1.37 bits per heavy atom. The molecule has 0 aliphatic rings. The van der Waals surface area contributed by atoms with E-state index in [0.29, 0.717) is 10.4 Å². The largest absolute Gasteiger partial charge is 0.291 e. The van der Waals surface area contributed by atoms with E-state index < -0.39 is 11.7 Å². The summed E-state index contributed by atoms with van der Waals surface area (Å²) in [5.74, 6) is -1.78. The molecule has 2 rings (SSSR count). The number of hydrogen-bond acceptors (Lipinski definition) is 3. The summed E-state index contributed by atoms with van der Waals surface area (Å²) in [6.45, 7) is 0. The molecule has 0 fully saturated rings. The summed E-state index contributed by atoms with van der Waals surface area (Å²) in [5, 5.41) is 9.17. The first-order chi connectivity index (χ1) is 9.02. The maximum atomic E-state index is 13.2. The van der Waals surface area contributed by atoms with Crippen LogP contribution in [0.5, 0.6) is 0 Å². The van der Waals surface area contributed by atoms with Crippen molar-refractivity contribution in [1.82, 2.24) is 0 Å². The molecule has 0 aliphatic carbocycles. The topological polar surface area (TPSA) is 40.9 Å². The van der Waals surface area contributed by atoms with E-state index in [1.807, 2.05) is 6.07 Å². The Morgan fingerprint density at radius 2 is 2.11 bits per heavy atom. The fourth-order valence-corrected chi connectivity index (χ4v) is 3.59. The molecule has 0 amide bonds. The summed E-state index contributed by atoms with van der Waals surface area (Å²) in [5.41, 5.74) is 0.369. The number of halogens is 3. The minimum Gasteiger partial charge on any atom is -0.291 e. The van der Waals surface area contributed by atoms with E-state index in [9.17, 15) is 9.18 Å². The fraction of sp³-hybridized carbons (Fsp3) is 0.0769. The number of rotatable bonds is 3. The Labute approximate surface area is 130 Å². The van der Waals surface area contributed by atoms with Gasteiger partial charge < -0.3 is 0 Å². The first-order valence-corrected chi connectivity index (χ1v) is 7.57. The molecule has 0 radical (unpaired) electrons. The van der Waals surface area contributed by atoms with Crippen molar-refractivity contribution in [3.05, 3.63) is 54.8 Å². The van der Waals surface area contributed by atoms with Crippen molar-refractivity contribution >= 4 is 49.0 Å². The van der Waals surface area contributed by atoms with Gasteiger partial charge >= 0.3 is 0 Å². The standard InChI is InChI=1S/C13H6Br2FNOS/c14-10-5-11(19-13(10)15)12(18)9(6-17)7-2-1-3-8(16)4-7/h1-5,9H. The molecule has 0 aliphatic heterocycles. The lowest BCUT2D eigenvalue weighted by molar-refractivity contribution is 0.0982. The highest BCUT2D eigenvalue weighted by atomic mass is 79.9. The number of hydrogen-bond donors (Lipinski definition) is 0. The van der Waals surface area contributed by atoms with E-state index in [-0.39, 0.29) is 5.78 Å². The Morgan fingerprint density at radius 3 is 2.63 bits per heavy atom. The zero-order chi connectivity index (χ0) is 14.0. The summed E-state index contributed by atoms with van der Waals surface area (Å²) in [6.07, 6.45) is 0. The van der Waals surface area contributed by atoms with E-state index in [2.05, 4.69) is 31.9 Å². The summed E-state index contributed by atoms with van der Waals surface area (Å²) in [6, 6.07) is 9.14. The Bertz CT molecular complexity index is 658. The molecule has 19 heavy (non-hydrogen) atoms. The maximum Gasteiger partial charge on any atom is 0.194 e. The molecule has 96 valence electrons. The van der Waals surface area contributed by atoms with Gasteiger partial charge in [0.05, 0.1) is 14.7 Å². The lowest BCUT2D eigenvalue weighted by atomic mass is 9.95. The van der Waals surface area contributed by atoms with Crippen molar-refractivity contribution in [3.8, 4) is 6.07 Å². The molecular weight excluding hydrogens is 397 g/mol. The van der Waals surface area contributed by atoms with Gasteiger partial charge in [-0.2, -0.15) is 5.26 Å². The lowest BCUT2D eigenvalue weighted by Gasteiger charge is -2.06. The van der Waals surface area contributed by atoms with Crippen LogP contribution >= 0.6 is 43.2 Å². The third-order valence-electron chi connectivity index (χ3n) is 2.46. The predicted molar refractivity (Wildman–Crippen MR) is 78.8 cm³/mol.